The van der Waals surface area contributed by atoms with Crippen molar-refractivity contribution < 1.29 is 9.72 Å². The molecule has 0 radical (unpaired) electrons. The van der Waals surface area contributed by atoms with Crippen molar-refractivity contribution in [3.8, 4) is 0 Å². The van der Waals surface area contributed by atoms with Crippen molar-refractivity contribution in [3.63, 3.8) is 0 Å². The van der Waals surface area contributed by atoms with Crippen molar-refractivity contribution in [1.29, 1.82) is 0 Å². The third-order valence-corrected chi connectivity index (χ3v) is 1.74. The monoisotopic (exact) mass is 222 g/mol. The summed E-state index contributed by atoms with van der Waals surface area (Å²) in [6.45, 7) is 0. The first-order chi connectivity index (χ1) is 7.59. The third-order valence-electron chi connectivity index (χ3n) is 1.74. The van der Waals surface area contributed by atoms with Gasteiger partial charge in [-0.25, -0.2) is 10.2 Å². The molecule has 0 aliphatic rings. The summed E-state index contributed by atoms with van der Waals surface area (Å²) < 4.78 is 0. The summed E-state index contributed by atoms with van der Waals surface area (Å²) in [4.78, 5) is 20.2. The highest BCUT2D eigenvalue weighted by atomic mass is 16.6. The summed E-state index contributed by atoms with van der Waals surface area (Å²) >= 11 is 0. The highest BCUT2D eigenvalue weighted by molar-refractivity contribution is 5.73. The molecule has 1 aromatic carbocycles. The lowest BCUT2D eigenvalue weighted by Gasteiger charge is -1.95. The summed E-state index contributed by atoms with van der Waals surface area (Å²) in [6, 6.07) is 5.32. The van der Waals surface area contributed by atoms with Gasteiger partial charge in [-0.3, -0.25) is 10.1 Å². The number of nitro benzene ring substituents is 1. The fraction of sp³-hybridized carbons (Fsp3) is 0.111. The normalized spacial score (nSPS) is 10.2. The van der Waals surface area contributed by atoms with Crippen LogP contribution >= 0.6 is 0 Å². The van der Waals surface area contributed by atoms with E-state index >= 15 is 0 Å². The number of hydrazone groups is 1. The molecular weight excluding hydrogens is 212 g/mol. The molecule has 0 aliphatic heterocycles. The van der Waals surface area contributed by atoms with Gasteiger partial charge in [0.05, 0.1) is 4.92 Å². The van der Waals surface area contributed by atoms with Crippen LogP contribution in [0.5, 0.6) is 0 Å². The lowest BCUT2D eigenvalue weighted by Crippen LogP contribution is -2.24. The van der Waals surface area contributed by atoms with Crippen molar-refractivity contribution in [1.82, 2.24) is 5.43 Å². The quantitative estimate of drug-likeness (QED) is 0.446. The minimum atomic E-state index is -0.736. The van der Waals surface area contributed by atoms with Gasteiger partial charge in [-0.05, 0) is 5.56 Å². The van der Waals surface area contributed by atoms with E-state index in [4.69, 9.17) is 5.73 Å². The number of carbonyl (C=O) groups is 1. The summed E-state index contributed by atoms with van der Waals surface area (Å²) in [5, 5.41) is 13.9. The van der Waals surface area contributed by atoms with E-state index in [1.54, 1.807) is 12.1 Å². The number of amides is 2. The van der Waals surface area contributed by atoms with E-state index in [-0.39, 0.29) is 5.69 Å². The van der Waals surface area contributed by atoms with Crippen LogP contribution < -0.4 is 11.2 Å². The van der Waals surface area contributed by atoms with Gasteiger partial charge < -0.3 is 5.73 Å². The van der Waals surface area contributed by atoms with Crippen molar-refractivity contribution in [2.24, 2.45) is 10.8 Å². The van der Waals surface area contributed by atoms with Gasteiger partial charge in [-0.15, -0.1) is 0 Å². The van der Waals surface area contributed by atoms with Crippen LogP contribution in [-0.2, 0) is 6.42 Å². The summed E-state index contributed by atoms with van der Waals surface area (Å²) in [5.74, 6) is 0. The second kappa shape index (κ2) is 5.44. The van der Waals surface area contributed by atoms with Gasteiger partial charge >= 0.3 is 6.03 Å². The number of nitrogens with two attached hydrogens (primary N) is 1. The first-order valence-corrected chi connectivity index (χ1v) is 4.40. The molecule has 2 amide bonds. The van der Waals surface area contributed by atoms with Crippen LogP contribution in [-0.4, -0.2) is 17.2 Å². The van der Waals surface area contributed by atoms with Crippen LogP contribution in [0.3, 0.4) is 0 Å². The van der Waals surface area contributed by atoms with Crippen molar-refractivity contribution in [2.45, 2.75) is 6.42 Å². The Labute approximate surface area is 91.1 Å². The number of benzene rings is 1. The molecule has 0 spiro atoms. The number of hydrogen-bond acceptors (Lipinski definition) is 4. The number of non-ortho nitro benzene ring substituents is 1. The molecule has 3 N–H and O–H groups in total. The number of urea groups is 1. The number of hydrogen-bond donors (Lipinski definition) is 2. The molecule has 0 aliphatic carbocycles. The fourth-order valence-electron chi connectivity index (χ4n) is 1.01. The number of nitro groups is 1. The average Bonchev–Trinajstić information content (AvgIpc) is 2.25. The Morgan fingerprint density at radius 2 is 2.12 bits per heavy atom. The topological polar surface area (TPSA) is 111 Å². The maximum atomic E-state index is 10.4. The molecule has 7 heteroatoms. The van der Waals surface area contributed by atoms with Crippen LogP contribution in [0.15, 0.2) is 29.4 Å². The Bertz CT molecular complexity index is 413. The third kappa shape index (κ3) is 3.74. The first-order valence-electron chi connectivity index (χ1n) is 4.40. The number of rotatable bonds is 4. The molecular formula is C9H10N4O3. The predicted octanol–water partition coefficient (Wildman–Crippen LogP) is 0.791. The summed E-state index contributed by atoms with van der Waals surface area (Å²) in [5.41, 5.74) is 7.72. The van der Waals surface area contributed by atoms with E-state index in [0.29, 0.717) is 6.42 Å². The Hall–Kier alpha value is -2.44. The zero-order valence-electron chi connectivity index (χ0n) is 8.29. The van der Waals surface area contributed by atoms with E-state index < -0.39 is 11.0 Å². The lowest BCUT2D eigenvalue weighted by molar-refractivity contribution is -0.384. The molecule has 0 saturated carbocycles. The van der Waals surface area contributed by atoms with Gasteiger partial charge in [0.25, 0.3) is 5.69 Å². The standard InChI is InChI=1S/C9H10N4O3/c10-9(14)12-11-6-5-7-1-3-8(4-2-7)13(15)16/h1-4,6H,5H2,(H3,10,12,14)/b11-6+. The second-order valence-corrected chi connectivity index (χ2v) is 2.92. The average molecular weight is 222 g/mol. The smallest absolute Gasteiger partial charge is 0.332 e. The zero-order valence-corrected chi connectivity index (χ0v) is 8.29. The van der Waals surface area contributed by atoms with Crippen molar-refractivity contribution in [3.05, 3.63) is 39.9 Å². The predicted molar refractivity (Wildman–Crippen MR) is 58.0 cm³/mol. The van der Waals surface area contributed by atoms with Gasteiger partial charge in [0, 0.05) is 24.8 Å². The second-order valence-electron chi connectivity index (χ2n) is 2.92. The lowest BCUT2D eigenvalue weighted by atomic mass is 10.1. The highest BCUT2D eigenvalue weighted by Crippen LogP contribution is 2.11. The van der Waals surface area contributed by atoms with Crippen LogP contribution in [0.2, 0.25) is 0 Å². The molecule has 0 bridgehead atoms. The van der Waals surface area contributed by atoms with Gasteiger partial charge in [0.15, 0.2) is 0 Å². The maximum Gasteiger partial charge on any atom is 0.332 e. The van der Waals surface area contributed by atoms with Gasteiger partial charge in [0.2, 0.25) is 0 Å². The zero-order chi connectivity index (χ0) is 12.0. The molecule has 0 atom stereocenters. The molecule has 1 aromatic rings. The van der Waals surface area contributed by atoms with Crippen LogP contribution in [0.1, 0.15) is 5.56 Å². The SMILES string of the molecule is NC(=O)N/N=C/Cc1ccc([N+](=O)[O-])cc1. The molecule has 7 nitrogen and oxygen atoms in total. The fourth-order valence-corrected chi connectivity index (χ4v) is 1.01. The van der Waals surface area contributed by atoms with Crippen molar-refractivity contribution in [2.75, 3.05) is 0 Å². The van der Waals surface area contributed by atoms with Crippen LogP contribution in [0.25, 0.3) is 0 Å². The summed E-state index contributed by atoms with van der Waals surface area (Å²) in [7, 11) is 0. The molecule has 0 unspecified atom stereocenters. The van der Waals surface area contributed by atoms with E-state index in [1.165, 1.54) is 18.3 Å². The van der Waals surface area contributed by atoms with Crippen molar-refractivity contribution >= 4 is 17.9 Å². The molecule has 0 fully saturated rings. The Morgan fingerprint density at radius 1 is 1.50 bits per heavy atom. The molecule has 16 heavy (non-hydrogen) atoms. The first kappa shape index (κ1) is 11.6. The molecule has 84 valence electrons. The van der Waals surface area contributed by atoms with Crippen LogP contribution in [0.4, 0.5) is 10.5 Å². The Morgan fingerprint density at radius 3 is 2.62 bits per heavy atom. The Balaban J connectivity index is 2.52. The Kier molecular flexibility index (Phi) is 3.96. The van der Waals surface area contributed by atoms with E-state index in [9.17, 15) is 14.9 Å². The highest BCUT2D eigenvalue weighted by Gasteiger charge is 2.02. The number of nitrogens with one attached hydrogen (secondary N) is 1. The molecule has 1 rings (SSSR count). The number of carbonyl (C=O) groups excluding carboxylic acids is 1. The minimum absolute atomic E-state index is 0.0379. The number of nitrogens with zero attached hydrogens (tertiary/aromatic N) is 2. The van der Waals surface area contributed by atoms with Gasteiger partial charge in [0.1, 0.15) is 0 Å². The van der Waals surface area contributed by atoms with Gasteiger partial charge in [-0.2, -0.15) is 5.10 Å². The molecule has 0 aromatic heterocycles. The van der Waals surface area contributed by atoms with E-state index in [1.807, 2.05) is 5.43 Å². The largest absolute Gasteiger partial charge is 0.350 e. The van der Waals surface area contributed by atoms with Crippen LogP contribution in [0, 0.1) is 10.1 Å². The summed E-state index contributed by atoms with van der Waals surface area (Å²) in [6.07, 6.45) is 1.91. The minimum Gasteiger partial charge on any atom is -0.350 e. The molecule has 0 heterocycles. The van der Waals surface area contributed by atoms with E-state index in [0.717, 1.165) is 5.56 Å². The number of primary amides is 1. The van der Waals surface area contributed by atoms with Gasteiger partial charge in [-0.1, -0.05) is 12.1 Å². The van der Waals surface area contributed by atoms with E-state index in [2.05, 4.69) is 5.10 Å². The maximum absolute atomic E-state index is 10.4. The molecule has 0 saturated heterocycles.